The molecule has 0 heterocycles. The van der Waals surface area contributed by atoms with Gasteiger partial charge in [-0.25, -0.2) is 8.42 Å². The Labute approximate surface area is 105 Å². The lowest BCUT2D eigenvalue weighted by Gasteiger charge is -2.14. The van der Waals surface area contributed by atoms with Crippen molar-refractivity contribution < 1.29 is 17.9 Å². The molecule has 0 amide bonds. The first-order valence-electron chi connectivity index (χ1n) is 5.08. The van der Waals surface area contributed by atoms with Gasteiger partial charge in [-0.3, -0.25) is 4.79 Å². The van der Waals surface area contributed by atoms with Crippen molar-refractivity contribution in [2.45, 2.75) is 12.8 Å². The Bertz CT molecular complexity index is 470. The largest absolute Gasteiger partial charge is 0.465 e. The molecule has 94 valence electrons. The van der Waals surface area contributed by atoms with Crippen molar-refractivity contribution in [3.05, 3.63) is 35.9 Å². The van der Waals surface area contributed by atoms with Crippen LogP contribution in [0.25, 0.3) is 0 Å². The number of halogens is 1. The maximum atomic E-state index is 11.7. The molecule has 0 aliphatic carbocycles. The summed E-state index contributed by atoms with van der Waals surface area (Å²) in [7, 11) is 1.42. The summed E-state index contributed by atoms with van der Waals surface area (Å²) >= 11 is 0. The highest BCUT2D eigenvalue weighted by molar-refractivity contribution is 8.13. The fourth-order valence-electron chi connectivity index (χ4n) is 1.43. The molecule has 0 saturated carbocycles. The molecule has 0 aromatic heterocycles. The van der Waals surface area contributed by atoms with Crippen LogP contribution < -0.4 is 0 Å². The predicted molar refractivity (Wildman–Crippen MR) is 65.5 cm³/mol. The van der Waals surface area contributed by atoms with Crippen molar-refractivity contribution in [2.24, 2.45) is 0 Å². The van der Waals surface area contributed by atoms with Crippen LogP contribution in [0.1, 0.15) is 18.4 Å². The highest BCUT2D eigenvalue weighted by Gasteiger charge is 2.27. The van der Waals surface area contributed by atoms with Gasteiger partial charge in [-0.05, 0) is 12.5 Å². The molecular formula is C11H13ClO4S. The number of benzene rings is 1. The number of rotatable bonds is 5. The standard InChI is InChI=1S/C11H13ClO4S/c1-2-16-11(13)10(8-17(12,14)15)9-6-4-3-5-7-9/h3-7,10H,2,8H2,1H3/t10-/m0/s1. The number of ether oxygens (including phenoxy) is 1. The van der Waals surface area contributed by atoms with E-state index in [0.717, 1.165) is 0 Å². The molecule has 0 fully saturated rings. The van der Waals surface area contributed by atoms with Gasteiger partial charge in [-0.15, -0.1) is 0 Å². The molecule has 0 N–H and O–H groups in total. The molecular weight excluding hydrogens is 264 g/mol. The van der Waals surface area contributed by atoms with Gasteiger partial charge in [-0.1, -0.05) is 30.3 Å². The third-order valence-electron chi connectivity index (χ3n) is 2.14. The van der Waals surface area contributed by atoms with E-state index in [9.17, 15) is 13.2 Å². The zero-order valence-corrected chi connectivity index (χ0v) is 10.9. The molecule has 0 saturated heterocycles. The quantitative estimate of drug-likeness (QED) is 0.609. The first kappa shape index (κ1) is 14.0. The SMILES string of the molecule is CCOC(=O)[C@@H](CS(=O)(=O)Cl)c1ccccc1. The summed E-state index contributed by atoms with van der Waals surface area (Å²) in [5.74, 6) is -1.92. The van der Waals surface area contributed by atoms with E-state index in [1.165, 1.54) is 0 Å². The van der Waals surface area contributed by atoms with E-state index in [0.29, 0.717) is 5.56 Å². The average Bonchev–Trinajstić information content (AvgIpc) is 2.26. The van der Waals surface area contributed by atoms with Gasteiger partial charge < -0.3 is 4.74 Å². The molecule has 0 aliphatic heterocycles. The zero-order valence-electron chi connectivity index (χ0n) is 9.30. The summed E-state index contributed by atoms with van der Waals surface area (Å²) in [5, 5.41) is 0. The Morgan fingerprint density at radius 2 is 1.94 bits per heavy atom. The van der Waals surface area contributed by atoms with Crippen LogP contribution in [0.15, 0.2) is 30.3 Å². The van der Waals surface area contributed by atoms with E-state index >= 15 is 0 Å². The number of carbonyl (C=O) groups is 1. The molecule has 0 radical (unpaired) electrons. The Kier molecular flexibility index (Phi) is 4.96. The van der Waals surface area contributed by atoms with E-state index in [-0.39, 0.29) is 6.61 Å². The lowest BCUT2D eigenvalue weighted by Crippen LogP contribution is -2.22. The number of esters is 1. The summed E-state index contributed by atoms with van der Waals surface area (Å²) in [4.78, 5) is 11.7. The molecule has 6 heteroatoms. The van der Waals surface area contributed by atoms with Gasteiger partial charge in [0.05, 0.1) is 18.3 Å². The van der Waals surface area contributed by atoms with Crippen molar-refractivity contribution in [1.29, 1.82) is 0 Å². The third kappa shape index (κ3) is 4.75. The minimum atomic E-state index is -3.76. The first-order valence-corrected chi connectivity index (χ1v) is 7.56. The second-order valence-corrected chi connectivity index (χ2v) is 6.24. The van der Waals surface area contributed by atoms with Crippen molar-refractivity contribution in [3.63, 3.8) is 0 Å². The van der Waals surface area contributed by atoms with Crippen LogP contribution >= 0.6 is 10.7 Å². The molecule has 1 aromatic carbocycles. The average molecular weight is 277 g/mol. The second-order valence-electron chi connectivity index (χ2n) is 3.42. The van der Waals surface area contributed by atoms with E-state index in [2.05, 4.69) is 0 Å². The molecule has 4 nitrogen and oxygen atoms in total. The monoisotopic (exact) mass is 276 g/mol. The van der Waals surface area contributed by atoms with Crippen molar-refractivity contribution in [2.75, 3.05) is 12.4 Å². The van der Waals surface area contributed by atoms with Crippen molar-refractivity contribution in [1.82, 2.24) is 0 Å². The molecule has 0 bridgehead atoms. The second kappa shape index (κ2) is 6.02. The van der Waals surface area contributed by atoms with Crippen molar-refractivity contribution >= 4 is 25.7 Å². The van der Waals surface area contributed by atoms with Gasteiger partial charge >= 0.3 is 5.97 Å². The minimum Gasteiger partial charge on any atom is -0.465 e. The summed E-state index contributed by atoms with van der Waals surface area (Å²) < 4.78 is 27.0. The number of carbonyl (C=O) groups excluding carboxylic acids is 1. The van der Waals surface area contributed by atoms with Crippen LogP contribution in [0.3, 0.4) is 0 Å². The van der Waals surface area contributed by atoms with E-state index in [1.54, 1.807) is 37.3 Å². The molecule has 17 heavy (non-hydrogen) atoms. The maximum Gasteiger partial charge on any atom is 0.314 e. The summed E-state index contributed by atoms with van der Waals surface area (Å²) in [5.41, 5.74) is 0.579. The van der Waals surface area contributed by atoms with E-state index in [4.69, 9.17) is 15.4 Å². The molecule has 1 aromatic rings. The molecule has 0 unspecified atom stereocenters. The molecule has 1 rings (SSSR count). The molecule has 1 atom stereocenters. The van der Waals surface area contributed by atoms with Gasteiger partial charge in [0.25, 0.3) is 0 Å². The summed E-state index contributed by atoms with van der Waals surface area (Å²) in [6, 6.07) is 8.57. The zero-order chi connectivity index (χ0) is 12.9. The smallest absolute Gasteiger partial charge is 0.314 e. The summed E-state index contributed by atoms with van der Waals surface area (Å²) in [6.45, 7) is 1.86. The van der Waals surface area contributed by atoms with Crippen LogP contribution in [0.4, 0.5) is 0 Å². The normalized spacial score (nSPS) is 13.1. The number of hydrogen-bond donors (Lipinski definition) is 0. The Hall–Kier alpha value is -1.07. The maximum absolute atomic E-state index is 11.7. The van der Waals surface area contributed by atoms with Crippen LogP contribution in [0, 0.1) is 0 Å². The van der Waals surface area contributed by atoms with Gasteiger partial charge in [0.15, 0.2) is 0 Å². The van der Waals surface area contributed by atoms with Gasteiger partial charge in [0.2, 0.25) is 9.05 Å². The molecule has 0 aliphatic rings. The van der Waals surface area contributed by atoms with E-state index < -0.39 is 26.7 Å². The Morgan fingerprint density at radius 1 is 1.35 bits per heavy atom. The lowest BCUT2D eigenvalue weighted by atomic mass is 10.0. The predicted octanol–water partition coefficient (Wildman–Crippen LogP) is 1.90. The Morgan fingerprint density at radius 3 is 2.41 bits per heavy atom. The van der Waals surface area contributed by atoms with Crippen LogP contribution in [0.2, 0.25) is 0 Å². The van der Waals surface area contributed by atoms with Crippen LogP contribution in [-0.2, 0) is 18.6 Å². The topological polar surface area (TPSA) is 60.4 Å². The fourth-order valence-corrected chi connectivity index (χ4v) is 2.53. The van der Waals surface area contributed by atoms with Gasteiger partial charge in [-0.2, -0.15) is 0 Å². The van der Waals surface area contributed by atoms with Gasteiger partial charge in [0.1, 0.15) is 0 Å². The van der Waals surface area contributed by atoms with E-state index in [1.807, 2.05) is 0 Å². The van der Waals surface area contributed by atoms with Crippen LogP contribution in [-0.4, -0.2) is 26.7 Å². The fraction of sp³-hybridized carbons (Fsp3) is 0.364. The third-order valence-corrected chi connectivity index (χ3v) is 3.25. The first-order chi connectivity index (χ1) is 7.94. The highest BCUT2D eigenvalue weighted by atomic mass is 35.7. The van der Waals surface area contributed by atoms with Crippen LogP contribution in [0.5, 0.6) is 0 Å². The molecule has 0 spiro atoms. The number of hydrogen-bond acceptors (Lipinski definition) is 4. The Balaban J connectivity index is 2.99. The van der Waals surface area contributed by atoms with Crippen molar-refractivity contribution in [3.8, 4) is 0 Å². The lowest BCUT2D eigenvalue weighted by molar-refractivity contribution is -0.144. The minimum absolute atomic E-state index is 0.199. The summed E-state index contributed by atoms with van der Waals surface area (Å²) in [6.07, 6.45) is 0. The highest BCUT2D eigenvalue weighted by Crippen LogP contribution is 2.21. The van der Waals surface area contributed by atoms with Gasteiger partial charge in [0, 0.05) is 10.7 Å².